The Morgan fingerprint density at radius 1 is 0.800 bits per heavy atom. The van der Waals surface area contributed by atoms with E-state index >= 15 is 8.78 Å². The average Bonchev–Trinajstić information content (AvgIpc) is 2.95. The zero-order chi connectivity index (χ0) is 28.9. The number of ether oxygens (including phenoxy) is 1. The third kappa shape index (κ3) is 7.29. The van der Waals surface area contributed by atoms with Gasteiger partial charge in [0.15, 0.2) is 17.5 Å². The third-order valence-corrected chi connectivity index (χ3v) is 8.29. The van der Waals surface area contributed by atoms with Crippen LogP contribution in [0.1, 0.15) is 81.8 Å². The summed E-state index contributed by atoms with van der Waals surface area (Å²) in [5, 5.41) is 0. The van der Waals surface area contributed by atoms with Crippen LogP contribution in [-0.2, 0) is 6.42 Å². The Kier molecular flexibility index (Phi) is 10.0. The molecule has 0 heterocycles. The summed E-state index contributed by atoms with van der Waals surface area (Å²) in [6, 6.07) is 9.17. The van der Waals surface area contributed by atoms with Crippen molar-refractivity contribution in [2.45, 2.75) is 83.2 Å². The molecule has 0 aromatic heterocycles. The Balaban J connectivity index is 1.29. The minimum absolute atomic E-state index is 0.00412. The molecule has 0 spiro atoms. The predicted molar refractivity (Wildman–Crippen MR) is 141 cm³/mol. The predicted octanol–water partition coefficient (Wildman–Crippen LogP) is 10.5. The van der Waals surface area contributed by atoms with Crippen molar-refractivity contribution in [3.05, 3.63) is 88.8 Å². The Morgan fingerprint density at radius 3 is 1.85 bits per heavy atom. The molecule has 0 amide bonds. The van der Waals surface area contributed by atoms with Crippen LogP contribution in [0.25, 0.3) is 0 Å². The van der Waals surface area contributed by atoms with Crippen molar-refractivity contribution in [3.8, 4) is 5.75 Å². The second kappa shape index (κ2) is 13.3. The van der Waals surface area contributed by atoms with E-state index in [1.54, 1.807) is 0 Å². The Hall–Kier alpha value is -2.77. The van der Waals surface area contributed by atoms with E-state index in [4.69, 9.17) is 0 Å². The van der Waals surface area contributed by atoms with E-state index in [1.165, 1.54) is 11.1 Å². The molecule has 2 aliphatic rings. The van der Waals surface area contributed by atoms with Crippen LogP contribution < -0.4 is 4.74 Å². The number of hydrogen-bond donors (Lipinski definition) is 0. The summed E-state index contributed by atoms with van der Waals surface area (Å²) in [5.41, 5.74) is 2.44. The van der Waals surface area contributed by atoms with E-state index in [-0.39, 0.29) is 25.7 Å². The average molecular weight is 569 g/mol. The lowest BCUT2D eigenvalue weighted by atomic mass is 9.76. The molecule has 0 bridgehead atoms. The van der Waals surface area contributed by atoms with Crippen LogP contribution in [0.4, 0.5) is 30.7 Å². The second-order valence-corrected chi connectivity index (χ2v) is 11.0. The Morgan fingerprint density at radius 2 is 1.32 bits per heavy atom. The smallest absolute Gasteiger partial charge is 0.400 e. The van der Waals surface area contributed by atoms with Gasteiger partial charge in [-0.2, -0.15) is 8.78 Å². The first-order valence-electron chi connectivity index (χ1n) is 14.1. The van der Waals surface area contributed by atoms with E-state index in [1.807, 2.05) is 0 Å². The molecule has 40 heavy (non-hydrogen) atoms. The lowest BCUT2D eigenvalue weighted by Gasteiger charge is -2.33. The summed E-state index contributed by atoms with van der Waals surface area (Å²) in [6.45, 7) is 2.09. The zero-order valence-electron chi connectivity index (χ0n) is 22.6. The van der Waals surface area contributed by atoms with Gasteiger partial charge in [0.2, 0.25) is 0 Å². The molecule has 2 aromatic rings. The maximum atomic E-state index is 15.1. The normalized spacial score (nSPS) is 24.7. The number of alkyl halides is 2. The van der Waals surface area contributed by atoms with Crippen LogP contribution in [0.2, 0.25) is 0 Å². The molecular weight excluding hydrogens is 533 g/mol. The van der Waals surface area contributed by atoms with Gasteiger partial charge in [-0.05, 0) is 81.3 Å². The van der Waals surface area contributed by atoms with Gasteiger partial charge < -0.3 is 4.74 Å². The molecule has 2 aliphatic carbocycles. The largest absolute Gasteiger partial charge is 0.432 e. The molecule has 8 heteroatoms. The van der Waals surface area contributed by atoms with E-state index in [2.05, 4.69) is 48.1 Å². The van der Waals surface area contributed by atoms with Crippen molar-refractivity contribution in [2.75, 3.05) is 0 Å². The molecule has 0 atom stereocenters. The Bertz CT molecular complexity index is 1170. The van der Waals surface area contributed by atoms with Gasteiger partial charge in [0.1, 0.15) is 17.4 Å². The molecule has 0 saturated heterocycles. The molecule has 2 saturated carbocycles. The summed E-state index contributed by atoms with van der Waals surface area (Å²) in [5.74, 6) is -9.86. The topological polar surface area (TPSA) is 9.23 Å². The van der Waals surface area contributed by atoms with Crippen LogP contribution in [0.15, 0.2) is 60.2 Å². The molecular formula is C32H35F7O. The highest BCUT2D eigenvalue weighted by Gasteiger charge is 2.45. The first-order valence-corrected chi connectivity index (χ1v) is 14.1. The lowest BCUT2D eigenvalue weighted by Crippen LogP contribution is -2.37. The van der Waals surface area contributed by atoms with Crippen LogP contribution in [-0.4, -0.2) is 6.11 Å². The first-order chi connectivity index (χ1) is 19.1. The van der Waals surface area contributed by atoms with Gasteiger partial charge in [-0.25, -0.2) is 22.0 Å². The fraction of sp³-hybridized carbons (Fsp3) is 0.500. The second-order valence-electron chi connectivity index (χ2n) is 11.0. The van der Waals surface area contributed by atoms with E-state index in [0.717, 1.165) is 25.7 Å². The molecule has 0 radical (unpaired) electrons. The molecule has 0 N–H and O–H groups in total. The molecule has 4 rings (SSSR count). The van der Waals surface area contributed by atoms with Crippen LogP contribution in [0.5, 0.6) is 5.75 Å². The highest BCUT2D eigenvalue weighted by atomic mass is 19.3. The van der Waals surface area contributed by atoms with Gasteiger partial charge in [-0.15, -0.1) is 0 Å². The van der Waals surface area contributed by atoms with Gasteiger partial charge in [0.05, 0.1) is 5.92 Å². The van der Waals surface area contributed by atoms with Crippen molar-refractivity contribution in [2.24, 2.45) is 17.8 Å². The van der Waals surface area contributed by atoms with Gasteiger partial charge in [-0.3, -0.25) is 0 Å². The Labute approximate surface area is 231 Å². The van der Waals surface area contributed by atoms with Crippen molar-refractivity contribution >= 4 is 0 Å². The fourth-order valence-electron chi connectivity index (χ4n) is 5.90. The fourth-order valence-corrected chi connectivity index (χ4v) is 5.90. The highest BCUT2D eigenvalue weighted by molar-refractivity contribution is 5.28. The summed E-state index contributed by atoms with van der Waals surface area (Å²) >= 11 is 0. The van der Waals surface area contributed by atoms with Crippen molar-refractivity contribution < 1.29 is 35.5 Å². The summed E-state index contributed by atoms with van der Waals surface area (Å²) in [4.78, 5) is 0. The quantitative estimate of drug-likeness (QED) is 0.166. The van der Waals surface area contributed by atoms with Gasteiger partial charge in [0, 0.05) is 24.0 Å². The van der Waals surface area contributed by atoms with E-state index in [0.29, 0.717) is 30.9 Å². The SMILES string of the molecule is CC/C=C\Cc1ccc(C2CCC(/C(F)=C(\F)C3CCC(C(F)(F)Oc4cc(F)c(F)c(F)c4)CC3)CC2)cc1. The monoisotopic (exact) mass is 568 g/mol. The first kappa shape index (κ1) is 30.2. The van der Waals surface area contributed by atoms with Crippen molar-refractivity contribution in [1.82, 2.24) is 0 Å². The highest BCUT2D eigenvalue weighted by Crippen LogP contribution is 2.46. The molecule has 2 fully saturated rings. The minimum Gasteiger partial charge on any atom is -0.432 e. The third-order valence-electron chi connectivity index (χ3n) is 8.29. The molecule has 1 nitrogen and oxygen atoms in total. The van der Waals surface area contributed by atoms with E-state index < -0.39 is 58.7 Å². The summed E-state index contributed by atoms with van der Waals surface area (Å²) < 4.78 is 104. The van der Waals surface area contributed by atoms with Gasteiger partial charge in [-0.1, -0.05) is 43.3 Å². The number of rotatable bonds is 9. The molecule has 0 aliphatic heterocycles. The summed E-state index contributed by atoms with van der Waals surface area (Å²) in [6.07, 6.45) is 4.63. The minimum atomic E-state index is -3.80. The van der Waals surface area contributed by atoms with Crippen LogP contribution >= 0.6 is 0 Å². The number of benzene rings is 2. The molecule has 0 unspecified atom stereocenters. The van der Waals surface area contributed by atoms with Crippen molar-refractivity contribution in [1.29, 1.82) is 0 Å². The summed E-state index contributed by atoms with van der Waals surface area (Å²) in [7, 11) is 0. The van der Waals surface area contributed by atoms with Crippen LogP contribution in [0.3, 0.4) is 0 Å². The maximum Gasteiger partial charge on any atom is 0.400 e. The van der Waals surface area contributed by atoms with Gasteiger partial charge >= 0.3 is 6.11 Å². The number of halogens is 7. The maximum absolute atomic E-state index is 15.1. The van der Waals surface area contributed by atoms with Crippen molar-refractivity contribution in [3.63, 3.8) is 0 Å². The number of allylic oxidation sites excluding steroid dienone is 4. The van der Waals surface area contributed by atoms with E-state index in [9.17, 15) is 22.0 Å². The van der Waals surface area contributed by atoms with Gasteiger partial charge in [0.25, 0.3) is 0 Å². The van der Waals surface area contributed by atoms with Crippen LogP contribution in [0, 0.1) is 35.2 Å². The lowest BCUT2D eigenvalue weighted by molar-refractivity contribution is -0.223. The standard InChI is InChI=1S/C32H35F7O/c1-2-3-4-5-20-6-8-21(9-7-20)22-10-12-23(13-11-22)29(35)30(36)24-14-16-25(17-15-24)32(38,39)40-26-18-27(33)31(37)28(34)19-26/h3-4,6-9,18-19,22-25H,2,5,10-17H2,1H3/b4-3-,30-29+. The molecule has 218 valence electrons. The molecule has 2 aromatic carbocycles. The number of hydrogen-bond acceptors (Lipinski definition) is 1. The zero-order valence-corrected chi connectivity index (χ0v) is 22.6.